The number of rotatable bonds is 9. The van der Waals surface area contributed by atoms with E-state index in [0.29, 0.717) is 0 Å². The van der Waals surface area contributed by atoms with Crippen LogP contribution in [0.1, 0.15) is 41.3 Å². The Morgan fingerprint density at radius 1 is 1.16 bits per heavy atom. The zero-order valence-corrected chi connectivity index (χ0v) is 15.8. The van der Waals surface area contributed by atoms with Gasteiger partial charge in [-0.3, -0.25) is 14.6 Å². The maximum atomic E-state index is 13.3. The summed E-state index contributed by atoms with van der Waals surface area (Å²) in [4.78, 5) is 12.1. The summed E-state index contributed by atoms with van der Waals surface area (Å²) >= 11 is 0. The fourth-order valence-electron chi connectivity index (χ4n) is 2.27. The number of benzene rings is 2. The molecule has 1 fully saturated rings. The summed E-state index contributed by atoms with van der Waals surface area (Å²) in [6.07, 6.45) is -4.54. The van der Waals surface area contributed by atoms with Gasteiger partial charge in [0, 0.05) is 60.1 Å². The van der Waals surface area contributed by atoms with E-state index in [1.807, 2.05) is 5.32 Å². The van der Waals surface area contributed by atoms with Gasteiger partial charge in [-0.2, -0.15) is 0 Å². The van der Waals surface area contributed by atoms with Crippen molar-refractivity contribution < 1.29 is 49.5 Å². The van der Waals surface area contributed by atoms with Crippen molar-refractivity contribution in [1.82, 2.24) is 9.80 Å². The third-order valence-corrected chi connectivity index (χ3v) is 3.66. The zero-order valence-electron chi connectivity index (χ0n) is 37.8. The second-order valence-corrected chi connectivity index (χ2v) is 5.86. The fourth-order valence-corrected chi connectivity index (χ4v) is 2.27. The van der Waals surface area contributed by atoms with Crippen LogP contribution in [0, 0.1) is 13.7 Å². The van der Waals surface area contributed by atoms with Gasteiger partial charge in [0.25, 0.3) is 0 Å². The average Bonchev–Trinajstić information content (AvgIpc) is 2.93. The molecule has 31 heavy (non-hydrogen) atoms. The Kier molecular flexibility index (Phi) is 2.79. The summed E-state index contributed by atoms with van der Waals surface area (Å²) in [7, 11) is -3.14. The molecule has 168 valence electrons. The van der Waals surface area contributed by atoms with Crippen LogP contribution in [-0.2, 0) is 4.79 Å². The van der Waals surface area contributed by atoms with Crippen LogP contribution in [0.4, 0.5) is 5.69 Å². The molecule has 7 heteroatoms. The van der Waals surface area contributed by atoms with Gasteiger partial charge in [-0.15, -0.1) is 0 Å². The summed E-state index contributed by atoms with van der Waals surface area (Å²) in [5, 5.41) is 13.1. The zero-order chi connectivity index (χ0) is 41.4. The highest BCUT2D eigenvalue weighted by molar-refractivity contribution is 5.93. The molecule has 0 radical (unpaired) electrons. The Hall–Kier alpha value is -2.61. The van der Waals surface area contributed by atoms with Crippen molar-refractivity contribution in [2.75, 3.05) is 57.9 Å². The van der Waals surface area contributed by atoms with E-state index in [1.165, 1.54) is 6.07 Å². The largest absolute Gasteiger partial charge is 0.493 e. The molecule has 1 atom stereocenters. The molecule has 1 heterocycles. The quantitative estimate of drug-likeness (QED) is 0.612. The van der Waals surface area contributed by atoms with Gasteiger partial charge in [0.05, 0.1) is 21.8 Å². The lowest BCUT2D eigenvalue weighted by Gasteiger charge is -2.35. The predicted molar refractivity (Wildman–Crippen MR) is 122 cm³/mol. The van der Waals surface area contributed by atoms with Crippen LogP contribution in [0.5, 0.6) is 11.5 Å². The number of hydrogen-bond donors (Lipinski definition) is 2. The van der Waals surface area contributed by atoms with E-state index in [4.69, 9.17) is 34.9 Å². The van der Waals surface area contributed by atoms with E-state index in [-0.39, 0.29) is 4.90 Å². The van der Waals surface area contributed by atoms with Crippen LogP contribution in [0.25, 0.3) is 0 Å². The number of methoxy groups -OCH3 is 1. The van der Waals surface area contributed by atoms with E-state index >= 15 is 0 Å². The van der Waals surface area contributed by atoms with Crippen LogP contribution in [0.15, 0.2) is 42.5 Å². The SMILES string of the molecule is [2H]C([2H])([2H])Oc1ccccc1OC([2H])([2H])C([2H])(O)C([2H])([2H])N1C([2H])([2H])C([2H])([2H])N(CC(=O)Nc2c(C([2H])([2H])[2H])cccc2C([2H])([2H])[2H])C([2H])([2H])C1([2H])[2H]. The van der Waals surface area contributed by atoms with Crippen molar-refractivity contribution in [1.29, 1.82) is 0 Å². The molecule has 0 aromatic heterocycles. The second kappa shape index (κ2) is 11.1. The Morgan fingerprint density at radius 3 is 2.52 bits per heavy atom. The molecule has 0 saturated carbocycles. The second-order valence-electron chi connectivity index (χ2n) is 5.86. The summed E-state index contributed by atoms with van der Waals surface area (Å²) in [5.41, 5.74) is -2.20. The number of piperazine rings is 1. The van der Waals surface area contributed by atoms with Crippen LogP contribution >= 0.6 is 0 Å². The number of nitrogens with zero attached hydrogens (tertiary/aromatic N) is 2. The lowest BCUT2D eigenvalue weighted by molar-refractivity contribution is -0.117. The molecule has 0 bridgehead atoms. The molecule has 2 aromatic carbocycles. The number of aliphatic hydroxyl groups is 1. The van der Waals surface area contributed by atoms with Crippen LogP contribution in [0.3, 0.4) is 0 Å². The number of anilines is 1. The van der Waals surface area contributed by atoms with E-state index in [0.717, 1.165) is 36.4 Å². The van der Waals surface area contributed by atoms with Crippen molar-refractivity contribution in [3.8, 4) is 11.5 Å². The third kappa shape index (κ3) is 6.69. The van der Waals surface area contributed by atoms with Crippen molar-refractivity contribution in [3.63, 3.8) is 0 Å². The molecular formula is C24H33N3O4. The maximum Gasteiger partial charge on any atom is 0.238 e. The Balaban J connectivity index is 2.10. The molecule has 1 saturated heterocycles. The first-order chi connectivity index (χ1) is 23.4. The smallest absolute Gasteiger partial charge is 0.238 e. The third-order valence-electron chi connectivity index (χ3n) is 3.66. The van der Waals surface area contributed by atoms with Crippen LogP contribution in [-0.4, -0.2) is 79.5 Å². The molecule has 3 rings (SSSR count). The lowest BCUT2D eigenvalue weighted by atomic mass is 10.1. The normalized spacial score (nSPS) is 36.2. The number of carbonyl (C=O) groups excluding carboxylic acids is 1. The maximum absolute atomic E-state index is 13.3. The van der Waals surface area contributed by atoms with E-state index in [9.17, 15) is 9.90 Å². The van der Waals surface area contributed by atoms with Gasteiger partial charge in [0.2, 0.25) is 5.91 Å². The number of para-hydroxylation sites is 3. The molecule has 2 aromatic rings. The van der Waals surface area contributed by atoms with Crippen molar-refractivity contribution >= 4 is 11.6 Å². The highest BCUT2D eigenvalue weighted by atomic mass is 16.5. The van der Waals surface area contributed by atoms with Gasteiger partial charge in [-0.1, -0.05) is 30.3 Å². The minimum atomic E-state index is -4.54. The van der Waals surface area contributed by atoms with E-state index in [2.05, 4.69) is 4.74 Å². The monoisotopic (exact) mass is 449 g/mol. The van der Waals surface area contributed by atoms with Crippen LogP contribution in [0.2, 0.25) is 0 Å². The molecule has 1 aliphatic rings. The van der Waals surface area contributed by atoms with Gasteiger partial charge in [0.1, 0.15) is 12.6 Å². The molecule has 7 nitrogen and oxygen atoms in total. The van der Waals surface area contributed by atoms with Crippen molar-refractivity contribution in [3.05, 3.63) is 53.6 Å². The van der Waals surface area contributed by atoms with Gasteiger partial charge in [-0.25, -0.2) is 0 Å². The predicted octanol–water partition coefficient (Wildman–Crippen LogP) is 2.31. The van der Waals surface area contributed by atoms with E-state index < -0.39 is 112 Å². The standard InChI is InChI=1S/C24H33N3O4/c1-18-7-6-8-19(2)24(18)25-23(29)16-27-13-11-26(12-14-27)15-20(28)17-31-22-10-5-4-9-21(22)30-3/h4-10,20,28H,11-17H2,1-3H3,(H,25,29)/i1D3,2D3,3D3,11D2,12D2,13D2,14D2,15D2,17D2,20D. The molecule has 1 unspecified atom stereocenters. The Morgan fingerprint density at radius 2 is 1.84 bits per heavy atom. The number of ether oxygens (including phenoxy) is 2. The average molecular weight is 450 g/mol. The van der Waals surface area contributed by atoms with Crippen molar-refractivity contribution in [2.45, 2.75) is 19.8 Å². The summed E-state index contributed by atoms with van der Waals surface area (Å²) in [6.45, 7) is -33.0. The molecule has 1 aliphatic heterocycles. The first kappa shape index (κ1) is 7.76. The Bertz CT molecular complexity index is 1630. The Labute approximate surface area is 215 Å². The lowest BCUT2D eigenvalue weighted by Crippen LogP contribution is -2.50. The minimum Gasteiger partial charge on any atom is -0.493 e. The van der Waals surface area contributed by atoms with Gasteiger partial charge < -0.3 is 19.9 Å². The number of carbonyl (C=O) groups is 1. The fraction of sp³-hybridized carbons (Fsp3) is 0.458. The first-order valence-electron chi connectivity index (χ1n) is 19.6. The number of β-amino-alcohol motifs (C(OH)–C–C–N with tert-alkyl or cyclic N) is 1. The molecule has 0 spiro atoms. The summed E-state index contributed by atoms with van der Waals surface area (Å²) in [5.74, 6) is -3.13. The molecule has 0 aliphatic carbocycles. The van der Waals surface area contributed by atoms with Crippen molar-refractivity contribution in [2.24, 2.45) is 0 Å². The number of amides is 1. The molecule has 1 amide bonds. The van der Waals surface area contributed by atoms with Gasteiger partial charge in [-0.05, 0) is 37.0 Å². The molecular weight excluding hydrogens is 394 g/mol. The first-order valence-corrected chi connectivity index (χ1v) is 8.60. The van der Waals surface area contributed by atoms with Gasteiger partial charge >= 0.3 is 0 Å². The molecule has 2 N–H and O–H groups in total. The highest BCUT2D eigenvalue weighted by Gasteiger charge is 2.21. The van der Waals surface area contributed by atoms with E-state index in [1.54, 1.807) is 0 Å². The minimum absolute atomic E-state index is 0.356. The number of nitrogens with one attached hydrogen (secondary N) is 1. The summed E-state index contributed by atoms with van der Waals surface area (Å²) < 4.78 is 188. The number of aryl methyl sites for hydroxylation is 2. The van der Waals surface area contributed by atoms with Crippen LogP contribution < -0.4 is 14.8 Å². The van der Waals surface area contributed by atoms with Gasteiger partial charge in [0.15, 0.2) is 11.5 Å². The highest BCUT2D eigenvalue weighted by Crippen LogP contribution is 2.25. The summed E-state index contributed by atoms with van der Waals surface area (Å²) in [6, 6.07) is 7.14. The topological polar surface area (TPSA) is 74.3 Å². The number of hydrogen-bond acceptors (Lipinski definition) is 6.